The fourth-order valence-electron chi connectivity index (χ4n) is 2.81. The minimum atomic E-state index is -0.825. The molecule has 3 rings (SSSR count). The van der Waals surface area contributed by atoms with Gasteiger partial charge >= 0.3 is 0 Å². The highest BCUT2D eigenvalue weighted by molar-refractivity contribution is 5.98. The minimum Gasteiger partial charge on any atom is -0.294 e. The van der Waals surface area contributed by atoms with Gasteiger partial charge < -0.3 is 0 Å². The van der Waals surface area contributed by atoms with E-state index in [0.29, 0.717) is 0 Å². The number of rotatable bonds is 4. The number of pyridine rings is 1. The summed E-state index contributed by atoms with van der Waals surface area (Å²) in [6.07, 6.45) is 3.97. The molecule has 0 saturated heterocycles. The Kier molecular flexibility index (Phi) is 4.70. The van der Waals surface area contributed by atoms with Crippen LogP contribution in [0.2, 0.25) is 0 Å². The van der Waals surface area contributed by atoms with Crippen LogP contribution < -0.4 is 4.57 Å². The quantitative estimate of drug-likeness (QED) is 0.516. The molecule has 2 nitrogen and oxygen atoms in total. The van der Waals surface area contributed by atoms with Crippen molar-refractivity contribution in [2.75, 3.05) is 0 Å². The van der Waals surface area contributed by atoms with E-state index in [-0.39, 0.29) is 6.42 Å². The maximum Gasteiger partial charge on any atom is 0.176 e. The monoisotopic (exact) mass is 338 g/mol. The average Bonchev–Trinajstić information content (AvgIpc) is 2.58. The fourth-order valence-corrected chi connectivity index (χ4v) is 2.81. The van der Waals surface area contributed by atoms with E-state index in [1.807, 2.05) is 61.3 Å². The van der Waals surface area contributed by atoms with E-state index >= 15 is 0 Å². The van der Waals surface area contributed by atoms with E-state index < -0.39 is 23.0 Å². The molecule has 0 aliphatic carbocycles. The van der Waals surface area contributed by atoms with E-state index in [4.69, 9.17) is 0 Å². The average molecular weight is 338 g/mol. The molecule has 3 aromatic rings. The number of aromatic nitrogens is 1. The summed E-state index contributed by atoms with van der Waals surface area (Å²) in [5, 5.41) is 0. The number of hydrogen-bond acceptors (Lipinski definition) is 1. The van der Waals surface area contributed by atoms with Crippen molar-refractivity contribution in [1.82, 2.24) is 0 Å². The van der Waals surface area contributed by atoms with Gasteiger partial charge in [0.1, 0.15) is 18.7 Å². The van der Waals surface area contributed by atoms with Crippen LogP contribution in [0.25, 0.3) is 11.1 Å². The highest BCUT2D eigenvalue weighted by Gasteiger charge is 2.17. The van der Waals surface area contributed by atoms with Crippen LogP contribution in [0, 0.1) is 18.6 Å². The molecule has 0 radical (unpaired) electrons. The SMILES string of the molecule is Cc1cc[n+](C)cc1-c1ccc(CC(=O)c2c(F)cccc2F)cc1. The number of Topliss-reactive ketones (excluding diaryl/α,β-unsaturated/α-hetero) is 1. The minimum absolute atomic E-state index is 0.0420. The molecule has 4 heteroatoms. The molecule has 0 aliphatic heterocycles. The highest BCUT2D eigenvalue weighted by Crippen LogP contribution is 2.23. The Balaban J connectivity index is 1.84. The second-order valence-corrected chi connectivity index (χ2v) is 6.10. The van der Waals surface area contributed by atoms with Crippen LogP contribution in [0.5, 0.6) is 0 Å². The van der Waals surface area contributed by atoms with Crippen LogP contribution in [0.4, 0.5) is 8.78 Å². The molecule has 0 aliphatic rings. The molecule has 0 amide bonds. The van der Waals surface area contributed by atoms with Crippen LogP contribution in [0.1, 0.15) is 21.5 Å². The Morgan fingerprint density at radius 3 is 2.28 bits per heavy atom. The van der Waals surface area contributed by atoms with Gasteiger partial charge in [-0.3, -0.25) is 4.79 Å². The lowest BCUT2D eigenvalue weighted by atomic mass is 9.98. The summed E-state index contributed by atoms with van der Waals surface area (Å²) in [6, 6.07) is 12.9. The molecule has 0 N–H and O–H groups in total. The molecule has 0 bridgehead atoms. The van der Waals surface area contributed by atoms with Gasteiger partial charge in [-0.15, -0.1) is 0 Å². The molecule has 25 heavy (non-hydrogen) atoms. The lowest BCUT2D eigenvalue weighted by molar-refractivity contribution is -0.671. The van der Waals surface area contributed by atoms with Crippen molar-refractivity contribution in [3.63, 3.8) is 0 Å². The molecular weight excluding hydrogens is 320 g/mol. The van der Waals surface area contributed by atoms with Gasteiger partial charge in [0.15, 0.2) is 18.2 Å². The van der Waals surface area contributed by atoms with Gasteiger partial charge in [-0.25, -0.2) is 13.3 Å². The highest BCUT2D eigenvalue weighted by atomic mass is 19.1. The molecular formula is C21H18F2NO+. The summed E-state index contributed by atoms with van der Waals surface area (Å²) in [5.74, 6) is -2.21. The lowest BCUT2D eigenvalue weighted by Crippen LogP contribution is -2.26. The second-order valence-electron chi connectivity index (χ2n) is 6.10. The standard InChI is InChI=1S/C21H18F2NO/c1-14-10-11-24(2)13-17(14)16-8-6-15(7-9-16)12-20(25)21-18(22)4-3-5-19(21)23/h3-11,13H,12H2,1-2H3/q+1. The van der Waals surface area contributed by atoms with Crippen molar-refractivity contribution in [1.29, 1.82) is 0 Å². The smallest absolute Gasteiger partial charge is 0.176 e. The van der Waals surface area contributed by atoms with E-state index in [0.717, 1.165) is 34.4 Å². The molecule has 1 aromatic heterocycles. The summed E-state index contributed by atoms with van der Waals surface area (Å²) >= 11 is 0. The van der Waals surface area contributed by atoms with Crippen molar-refractivity contribution in [3.05, 3.63) is 89.2 Å². The summed E-state index contributed by atoms with van der Waals surface area (Å²) < 4.78 is 29.4. The number of benzene rings is 2. The molecule has 126 valence electrons. The fraction of sp³-hybridized carbons (Fsp3) is 0.143. The second kappa shape index (κ2) is 6.93. The Hall–Kier alpha value is -2.88. The largest absolute Gasteiger partial charge is 0.294 e. The zero-order chi connectivity index (χ0) is 18.0. The van der Waals surface area contributed by atoms with Gasteiger partial charge in [-0.2, -0.15) is 0 Å². The van der Waals surface area contributed by atoms with Crippen LogP contribution in [0.3, 0.4) is 0 Å². The van der Waals surface area contributed by atoms with Crippen LogP contribution in [0.15, 0.2) is 60.9 Å². The number of carbonyl (C=O) groups excluding carboxylic acids is 1. The third kappa shape index (κ3) is 3.63. The van der Waals surface area contributed by atoms with Crippen LogP contribution in [-0.2, 0) is 13.5 Å². The predicted octanol–water partition coefficient (Wildman–Crippen LogP) is 4.19. The van der Waals surface area contributed by atoms with Crippen LogP contribution in [-0.4, -0.2) is 5.78 Å². The molecule has 2 aromatic carbocycles. The summed E-state index contributed by atoms with van der Waals surface area (Å²) in [7, 11) is 1.96. The van der Waals surface area contributed by atoms with Crippen molar-refractivity contribution in [2.24, 2.45) is 7.05 Å². The number of nitrogens with zero attached hydrogens (tertiary/aromatic N) is 1. The molecule has 0 saturated carbocycles. The number of ketones is 1. The Morgan fingerprint density at radius 2 is 1.64 bits per heavy atom. The maximum absolute atomic E-state index is 13.7. The summed E-state index contributed by atoms with van der Waals surface area (Å²) in [6.45, 7) is 2.04. The first-order valence-electron chi connectivity index (χ1n) is 7.98. The number of aryl methyl sites for hydroxylation is 2. The molecule has 0 unspecified atom stereocenters. The summed E-state index contributed by atoms with van der Waals surface area (Å²) in [5.41, 5.74) is 3.52. The molecule has 1 heterocycles. The predicted molar refractivity (Wildman–Crippen MR) is 92.2 cm³/mol. The van der Waals surface area contributed by atoms with Gasteiger partial charge in [-0.05, 0) is 35.7 Å². The van der Waals surface area contributed by atoms with Gasteiger partial charge in [0.25, 0.3) is 0 Å². The van der Waals surface area contributed by atoms with E-state index in [1.54, 1.807) is 0 Å². The Morgan fingerprint density at radius 1 is 1.00 bits per heavy atom. The van der Waals surface area contributed by atoms with Gasteiger partial charge in [0, 0.05) is 18.1 Å². The normalized spacial score (nSPS) is 10.7. The number of hydrogen-bond donors (Lipinski definition) is 0. The van der Waals surface area contributed by atoms with Crippen molar-refractivity contribution < 1.29 is 18.1 Å². The Bertz CT molecular complexity index is 913. The van der Waals surface area contributed by atoms with E-state index in [1.165, 1.54) is 6.07 Å². The first-order chi connectivity index (χ1) is 12.0. The Labute approximate surface area is 145 Å². The van der Waals surface area contributed by atoms with E-state index in [9.17, 15) is 13.6 Å². The van der Waals surface area contributed by atoms with E-state index in [2.05, 4.69) is 0 Å². The topological polar surface area (TPSA) is 20.9 Å². The molecule has 0 atom stereocenters. The number of halogens is 2. The van der Waals surface area contributed by atoms with Gasteiger partial charge in [0.2, 0.25) is 0 Å². The third-order valence-electron chi connectivity index (χ3n) is 4.19. The molecule has 0 spiro atoms. The van der Waals surface area contributed by atoms with Crippen molar-refractivity contribution >= 4 is 5.78 Å². The third-order valence-corrected chi connectivity index (χ3v) is 4.19. The first-order valence-corrected chi connectivity index (χ1v) is 7.98. The van der Waals surface area contributed by atoms with Crippen molar-refractivity contribution in [3.8, 4) is 11.1 Å². The number of carbonyl (C=O) groups is 1. The zero-order valence-electron chi connectivity index (χ0n) is 14.1. The van der Waals surface area contributed by atoms with Crippen molar-refractivity contribution in [2.45, 2.75) is 13.3 Å². The van der Waals surface area contributed by atoms with Gasteiger partial charge in [-0.1, -0.05) is 30.3 Å². The summed E-state index contributed by atoms with van der Waals surface area (Å²) in [4.78, 5) is 12.2. The van der Waals surface area contributed by atoms with Crippen LogP contribution >= 0.6 is 0 Å². The first kappa shape index (κ1) is 17.0. The lowest BCUT2D eigenvalue weighted by Gasteiger charge is -2.07. The maximum atomic E-state index is 13.7. The zero-order valence-corrected chi connectivity index (χ0v) is 14.1. The molecule has 0 fully saturated rings. The van der Waals surface area contributed by atoms with Gasteiger partial charge in [0.05, 0.1) is 5.56 Å².